The van der Waals surface area contributed by atoms with Crippen LogP contribution in [0.4, 0.5) is 5.69 Å². The second kappa shape index (κ2) is 7.84. The highest BCUT2D eigenvalue weighted by atomic mass is 35.5. The van der Waals surface area contributed by atoms with E-state index in [1.54, 1.807) is 35.2 Å². The molecule has 0 unspecified atom stereocenters. The van der Waals surface area contributed by atoms with Gasteiger partial charge in [-0.3, -0.25) is 9.69 Å². The second-order valence-corrected chi connectivity index (χ2v) is 7.54. The third kappa shape index (κ3) is 3.72. The second-order valence-electron chi connectivity index (χ2n) is 6.29. The van der Waals surface area contributed by atoms with E-state index in [4.69, 9.17) is 34.8 Å². The van der Waals surface area contributed by atoms with Crippen LogP contribution in [0, 0.1) is 0 Å². The standard InChI is InChI=1S/C23H14Cl3NO/c24-18-8-6-15(7-9-18)12-17-13-22(16-4-2-1-3-5-16)27(23(17)28)19-10-11-20(25)21(26)14-19/h1-14H/b17-12+. The molecule has 2 nitrogen and oxygen atoms in total. The van der Waals surface area contributed by atoms with Crippen molar-refractivity contribution in [1.82, 2.24) is 0 Å². The average Bonchev–Trinajstić information content (AvgIpc) is 3.03. The molecule has 138 valence electrons. The summed E-state index contributed by atoms with van der Waals surface area (Å²) in [5.41, 5.74) is 3.85. The molecule has 0 saturated heterocycles. The van der Waals surface area contributed by atoms with Crippen LogP contribution < -0.4 is 4.90 Å². The van der Waals surface area contributed by atoms with Gasteiger partial charge in [0.15, 0.2) is 0 Å². The third-order valence-corrected chi connectivity index (χ3v) is 5.40. The minimum Gasteiger partial charge on any atom is -0.276 e. The van der Waals surface area contributed by atoms with E-state index in [1.807, 2.05) is 54.6 Å². The molecule has 0 aliphatic carbocycles. The Morgan fingerprint density at radius 2 is 1.50 bits per heavy atom. The van der Waals surface area contributed by atoms with Crippen molar-refractivity contribution in [2.45, 2.75) is 0 Å². The summed E-state index contributed by atoms with van der Waals surface area (Å²) < 4.78 is 0. The Morgan fingerprint density at radius 1 is 0.786 bits per heavy atom. The fraction of sp³-hybridized carbons (Fsp3) is 0. The summed E-state index contributed by atoms with van der Waals surface area (Å²) in [5.74, 6) is -0.132. The van der Waals surface area contributed by atoms with Crippen LogP contribution in [-0.4, -0.2) is 5.91 Å². The van der Waals surface area contributed by atoms with Crippen molar-refractivity contribution < 1.29 is 4.79 Å². The van der Waals surface area contributed by atoms with Gasteiger partial charge in [0.2, 0.25) is 0 Å². The molecule has 3 aromatic carbocycles. The maximum absolute atomic E-state index is 13.3. The molecular formula is C23H14Cl3NO. The highest BCUT2D eigenvalue weighted by molar-refractivity contribution is 6.42. The van der Waals surface area contributed by atoms with E-state index in [2.05, 4.69) is 0 Å². The first-order valence-electron chi connectivity index (χ1n) is 8.57. The summed E-state index contributed by atoms with van der Waals surface area (Å²) in [4.78, 5) is 14.9. The predicted molar refractivity (Wildman–Crippen MR) is 118 cm³/mol. The molecule has 0 N–H and O–H groups in total. The van der Waals surface area contributed by atoms with Crippen LogP contribution in [0.2, 0.25) is 15.1 Å². The topological polar surface area (TPSA) is 20.3 Å². The Bertz CT molecular complexity index is 1100. The molecule has 1 aliphatic heterocycles. The van der Waals surface area contributed by atoms with E-state index < -0.39 is 0 Å². The molecule has 0 saturated carbocycles. The first-order chi connectivity index (χ1) is 13.5. The van der Waals surface area contributed by atoms with Crippen LogP contribution >= 0.6 is 34.8 Å². The van der Waals surface area contributed by atoms with Crippen LogP contribution in [0.15, 0.2) is 84.4 Å². The van der Waals surface area contributed by atoms with Crippen molar-refractivity contribution in [3.05, 3.63) is 111 Å². The van der Waals surface area contributed by atoms with Crippen molar-refractivity contribution >= 4 is 58.2 Å². The Morgan fingerprint density at radius 3 is 2.18 bits per heavy atom. The SMILES string of the molecule is O=C1/C(=C/c2ccc(Cl)cc2)C=C(c2ccccc2)N1c1ccc(Cl)c(Cl)c1. The van der Waals surface area contributed by atoms with E-state index in [0.29, 0.717) is 26.3 Å². The van der Waals surface area contributed by atoms with Crippen molar-refractivity contribution in [2.75, 3.05) is 4.90 Å². The minimum absolute atomic E-state index is 0.132. The number of carbonyl (C=O) groups excluding carboxylic acids is 1. The monoisotopic (exact) mass is 425 g/mol. The van der Waals surface area contributed by atoms with Gasteiger partial charge in [-0.2, -0.15) is 0 Å². The van der Waals surface area contributed by atoms with E-state index in [-0.39, 0.29) is 5.91 Å². The first-order valence-corrected chi connectivity index (χ1v) is 9.70. The van der Waals surface area contributed by atoms with Gasteiger partial charge >= 0.3 is 0 Å². The number of benzene rings is 3. The minimum atomic E-state index is -0.132. The lowest BCUT2D eigenvalue weighted by Gasteiger charge is -2.21. The van der Waals surface area contributed by atoms with E-state index >= 15 is 0 Å². The van der Waals surface area contributed by atoms with Gasteiger partial charge in [-0.05, 0) is 53.6 Å². The molecule has 28 heavy (non-hydrogen) atoms. The first kappa shape index (κ1) is 18.8. The Balaban J connectivity index is 1.82. The van der Waals surface area contributed by atoms with Gasteiger partial charge in [0.25, 0.3) is 5.91 Å². The Hall–Kier alpha value is -2.52. The summed E-state index contributed by atoms with van der Waals surface area (Å²) in [6, 6.07) is 22.3. The zero-order valence-electron chi connectivity index (χ0n) is 14.6. The summed E-state index contributed by atoms with van der Waals surface area (Å²) in [5, 5.41) is 1.49. The number of hydrogen-bond donors (Lipinski definition) is 0. The summed E-state index contributed by atoms with van der Waals surface area (Å²) in [6.45, 7) is 0. The molecule has 1 heterocycles. The lowest BCUT2D eigenvalue weighted by atomic mass is 10.1. The van der Waals surface area contributed by atoms with Gasteiger partial charge in [-0.1, -0.05) is 77.3 Å². The molecule has 0 atom stereocenters. The van der Waals surface area contributed by atoms with E-state index in [9.17, 15) is 4.79 Å². The lowest BCUT2D eigenvalue weighted by Crippen LogP contribution is -2.24. The van der Waals surface area contributed by atoms with E-state index in [1.165, 1.54) is 0 Å². The number of anilines is 1. The van der Waals surface area contributed by atoms with Crippen molar-refractivity contribution in [2.24, 2.45) is 0 Å². The van der Waals surface area contributed by atoms with Gasteiger partial charge in [0.05, 0.1) is 21.4 Å². The van der Waals surface area contributed by atoms with Crippen LogP contribution in [-0.2, 0) is 4.79 Å². The highest BCUT2D eigenvalue weighted by Crippen LogP contribution is 2.37. The number of halogens is 3. The molecule has 0 radical (unpaired) electrons. The molecule has 0 fully saturated rings. The number of amides is 1. The Kier molecular flexibility index (Phi) is 5.27. The fourth-order valence-corrected chi connectivity index (χ4v) is 3.47. The molecule has 3 aromatic rings. The number of hydrogen-bond acceptors (Lipinski definition) is 1. The summed E-state index contributed by atoms with van der Waals surface area (Å²) in [6.07, 6.45) is 3.73. The molecular weight excluding hydrogens is 413 g/mol. The number of nitrogens with zero attached hydrogens (tertiary/aromatic N) is 1. The van der Waals surface area contributed by atoms with Crippen molar-refractivity contribution in [3.8, 4) is 0 Å². The number of rotatable bonds is 3. The fourth-order valence-electron chi connectivity index (χ4n) is 3.06. The number of carbonyl (C=O) groups is 1. The molecule has 1 aliphatic rings. The zero-order chi connectivity index (χ0) is 19.7. The summed E-state index contributed by atoms with van der Waals surface area (Å²) >= 11 is 18.2. The largest absolute Gasteiger partial charge is 0.276 e. The van der Waals surface area contributed by atoms with Crippen LogP contribution in [0.25, 0.3) is 11.8 Å². The van der Waals surface area contributed by atoms with Gasteiger partial charge in [-0.15, -0.1) is 0 Å². The van der Waals surface area contributed by atoms with E-state index in [0.717, 1.165) is 16.8 Å². The molecule has 0 spiro atoms. The maximum atomic E-state index is 13.3. The van der Waals surface area contributed by atoms with Gasteiger partial charge in [0, 0.05) is 10.6 Å². The van der Waals surface area contributed by atoms with Gasteiger partial charge in [-0.25, -0.2) is 0 Å². The van der Waals surface area contributed by atoms with Gasteiger partial charge in [0.1, 0.15) is 0 Å². The van der Waals surface area contributed by atoms with Crippen LogP contribution in [0.3, 0.4) is 0 Å². The summed E-state index contributed by atoms with van der Waals surface area (Å²) in [7, 11) is 0. The van der Waals surface area contributed by atoms with Crippen molar-refractivity contribution in [1.29, 1.82) is 0 Å². The van der Waals surface area contributed by atoms with Crippen LogP contribution in [0.5, 0.6) is 0 Å². The smallest absolute Gasteiger partial charge is 0.262 e. The average molecular weight is 427 g/mol. The Labute approximate surface area is 178 Å². The lowest BCUT2D eigenvalue weighted by molar-refractivity contribution is -0.113. The third-order valence-electron chi connectivity index (χ3n) is 4.41. The molecule has 0 aromatic heterocycles. The van der Waals surface area contributed by atoms with Crippen molar-refractivity contribution in [3.63, 3.8) is 0 Å². The molecule has 0 bridgehead atoms. The molecule has 5 heteroatoms. The maximum Gasteiger partial charge on any atom is 0.262 e. The predicted octanol–water partition coefficient (Wildman–Crippen LogP) is 7.12. The zero-order valence-corrected chi connectivity index (χ0v) is 16.8. The molecule has 1 amide bonds. The van der Waals surface area contributed by atoms with Gasteiger partial charge < -0.3 is 0 Å². The normalized spacial score (nSPS) is 15.2. The quantitative estimate of drug-likeness (QED) is 0.408. The van der Waals surface area contributed by atoms with Crippen LogP contribution in [0.1, 0.15) is 11.1 Å². The highest BCUT2D eigenvalue weighted by Gasteiger charge is 2.30. The molecule has 4 rings (SSSR count).